The molecule has 20 heavy (non-hydrogen) atoms. The van der Waals surface area contributed by atoms with Gasteiger partial charge in [0.1, 0.15) is 0 Å². The second kappa shape index (κ2) is 6.56. The fourth-order valence-electron chi connectivity index (χ4n) is 3.72. The molecular formula is C16H25NO2S. The Morgan fingerprint density at radius 2 is 2.30 bits per heavy atom. The molecule has 0 amide bonds. The fraction of sp³-hybridized carbons (Fsp3) is 0.750. The average molecular weight is 295 g/mol. The van der Waals surface area contributed by atoms with Crippen LogP contribution in [-0.2, 0) is 16.0 Å². The molecule has 3 nitrogen and oxygen atoms in total. The number of likely N-dealkylation sites (tertiary alicyclic amines) is 1. The third kappa shape index (κ3) is 3.08. The SMILES string of the molecule is COCCC1CCOC12CCN(Cc1cccs1)CC2. The van der Waals surface area contributed by atoms with Crippen LogP contribution in [0.3, 0.4) is 0 Å². The molecule has 2 fully saturated rings. The van der Waals surface area contributed by atoms with E-state index in [2.05, 4.69) is 22.4 Å². The first-order valence-electron chi connectivity index (χ1n) is 7.70. The highest BCUT2D eigenvalue weighted by Gasteiger charge is 2.45. The van der Waals surface area contributed by atoms with Crippen molar-refractivity contribution in [3.63, 3.8) is 0 Å². The number of nitrogens with zero attached hydrogens (tertiary/aromatic N) is 1. The number of piperidine rings is 1. The van der Waals surface area contributed by atoms with Gasteiger partial charge in [0, 0.05) is 44.8 Å². The molecular weight excluding hydrogens is 270 g/mol. The molecule has 4 heteroatoms. The summed E-state index contributed by atoms with van der Waals surface area (Å²) in [5.74, 6) is 0.700. The molecule has 2 aliphatic rings. The van der Waals surface area contributed by atoms with Crippen LogP contribution in [0.15, 0.2) is 17.5 Å². The van der Waals surface area contributed by atoms with Crippen molar-refractivity contribution in [1.29, 1.82) is 0 Å². The molecule has 0 aliphatic carbocycles. The van der Waals surface area contributed by atoms with Gasteiger partial charge in [-0.3, -0.25) is 4.90 Å². The lowest BCUT2D eigenvalue weighted by atomic mass is 9.78. The van der Waals surface area contributed by atoms with Crippen molar-refractivity contribution in [3.05, 3.63) is 22.4 Å². The molecule has 112 valence electrons. The van der Waals surface area contributed by atoms with Gasteiger partial charge in [0.25, 0.3) is 0 Å². The van der Waals surface area contributed by atoms with Gasteiger partial charge in [-0.15, -0.1) is 11.3 Å². The van der Waals surface area contributed by atoms with Crippen LogP contribution in [0.25, 0.3) is 0 Å². The molecule has 0 saturated carbocycles. The van der Waals surface area contributed by atoms with E-state index < -0.39 is 0 Å². The summed E-state index contributed by atoms with van der Waals surface area (Å²) in [6, 6.07) is 4.38. The van der Waals surface area contributed by atoms with Crippen molar-refractivity contribution in [2.24, 2.45) is 5.92 Å². The smallest absolute Gasteiger partial charge is 0.0736 e. The van der Waals surface area contributed by atoms with E-state index >= 15 is 0 Å². The van der Waals surface area contributed by atoms with E-state index in [9.17, 15) is 0 Å². The molecule has 3 heterocycles. The lowest BCUT2D eigenvalue weighted by Gasteiger charge is -2.42. The minimum atomic E-state index is 0.157. The molecule has 0 N–H and O–H groups in total. The minimum absolute atomic E-state index is 0.157. The van der Waals surface area contributed by atoms with Crippen LogP contribution in [0.2, 0.25) is 0 Å². The molecule has 1 unspecified atom stereocenters. The maximum absolute atomic E-state index is 6.20. The van der Waals surface area contributed by atoms with E-state index in [1.165, 1.54) is 37.2 Å². The van der Waals surface area contributed by atoms with Crippen LogP contribution in [0.5, 0.6) is 0 Å². The molecule has 0 bridgehead atoms. The van der Waals surface area contributed by atoms with E-state index in [0.29, 0.717) is 5.92 Å². The van der Waals surface area contributed by atoms with Gasteiger partial charge in [0.15, 0.2) is 0 Å². The van der Waals surface area contributed by atoms with Gasteiger partial charge >= 0.3 is 0 Å². The van der Waals surface area contributed by atoms with Gasteiger partial charge in [0.05, 0.1) is 5.60 Å². The maximum Gasteiger partial charge on any atom is 0.0736 e. The van der Waals surface area contributed by atoms with Gasteiger partial charge in [0.2, 0.25) is 0 Å². The number of hydrogen-bond donors (Lipinski definition) is 0. The van der Waals surface area contributed by atoms with E-state index in [0.717, 1.165) is 26.2 Å². The van der Waals surface area contributed by atoms with Crippen LogP contribution >= 0.6 is 11.3 Å². The molecule has 3 rings (SSSR count). The largest absolute Gasteiger partial charge is 0.385 e. The third-order valence-corrected chi connectivity index (χ3v) is 5.79. The van der Waals surface area contributed by atoms with E-state index in [1.807, 2.05) is 11.3 Å². The van der Waals surface area contributed by atoms with E-state index in [1.54, 1.807) is 7.11 Å². The Morgan fingerprint density at radius 1 is 1.45 bits per heavy atom. The number of hydrogen-bond acceptors (Lipinski definition) is 4. The lowest BCUT2D eigenvalue weighted by molar-refractivity contribution is -0.0719. The highest BCUT2D eigenvalue weighted by molar-refractivity contribution is 7.09. The van der Waals surface area contributed by atoms with Crippen molar-refractivity contribution in [2.45, 2.75) is 37.8 Å². The summed E-state index contributed by atoms with van der Waals surface area (Å²) >= 11 is 1.86. The summed E-state index contributed by atoms with van der Waals surface area (Å²) in [5.41, 5.74) is 0.157. The Morgan fingerprint density at radius 3 is 3.00 bits per heavy atom. The van der Waals surface area contributed by atoms with Crippen molar-refractivity contribution in [1.82, 2.24) is 4.90 Å². The van der Waals surface area contributed by atoms with Crippen LogP contribution < -0.4 is 0 Å². The first-order valence-corrected chi connectivity index (χ1v) is 8.58. The molecule has 0 radical (unpaired) electrons. The van der Waals surface area contributed by atoms with Crippen molar-refractivity contribution in [2.75, 3.05) is 33.4 Å². The van der Waals surface area contributed by atoms with Gasteiger partial charge in [-0.25, -0.2) is 0 Å². The van der Waals surface area contributed by atoms with Crippen LogP contribution in [0, 0.1) is 5.92 Å². The standard InChI is InChI=1S/C16H25NO2S/c1-18-10-4-14-5-11-19-16(14)6-8-17(9-7-16)13-15-3-2-12-20-15/h2-3,12,14H,4-11,13H2,1H3. The minimum Gasteiger partial charge on any atom is -0.385 e. The summed E-state index contributed by atoms with van der Waals surface area (Å²) in [4.78, 5) is 4.05. The summed E-state index contributed by atoms with van der Waals surface area (Å²) in [6.45, 7) is 5.26. The Kier molecular flexibility index (Phi) is 4.76. The Labute approximate surface area is 125 Å². The predicted octanol–water partition coefficient (Wildman–Crippen LogP) is 3.16. The topological polar surface area (TPSA) is 21.7 Å². The molecule has 1 aromatic rings. The number of ether oxygens (including phenoxy) is 2. The highest BCUT2D eigenvalue weighted by Crippen LogP contribution is 2.42. The summed E-state index contributed by atoms with van der Waals surface area (Å²) in [6.07, 6.45) is 4.75. The third-order valence-electron chi connectivity index (χ3n) is 4.93. The molecule has 1 spiro atoms. The molecule has 1 aromatic heterocycles. The predicted molar refractivity (Wildman–Crippen MR) is 82.1 cm³/mol. The number of thiophene rings is 1. The van der Waals surface area contributed by atoms with Crippen molar-refractivity contribution < 1.29 is 9.47 Å². The van der Waals surface area contributed by atoms with Crippen LogP contribution in [-0.4, -0.2) is 43.9 Å². The van der Waals surface area contributed by atoms with E-state index in [-0.39, 0.29) is 5.60 Å². The quantitative estimate of drug-likeness (QED) is 0.833. The first kappa shape index (κ1) is 14.5. The maximum atomic E-state index is 6.20. The second-order valence-electron chi connectivity index (χ2n) is 6.04. The van der Waals surface area contributed by atoms with Crippen molar-refractivity contribution in [3.8, 4) is 0 Å². The average Bonchev–Trinajstić information content (AvgIpc) is 3.10. The zero-order valence-electron chi connectivity index (χ0n) is 12.3. The Balaban J connectivity index is 1.54. The first-order chi connectivity index (χ1) is 9.82. The van der Waals surface area contributed by atoms with Crippen LogP contribution in [0.1, 0.15) is 30.6 Å². The Hall–Kier alpha value is -0.420. The summed E-state index contributed by atoms with van der Waals surface area (Å²) in [5, 5.41) is 2.17. The molecule has 2 saturated heterocycles. The van der Waals surface area contributed by atoms with E-state index in [4.69, 9.17) is 9.47 Å². The Bertz CT molecular complexity index is 399. The molecule has 2 aliphatic heterocycles. The summed E-state index contributed by atoms with van der Waals surface area (Å²) < 4.78 is 11.5. The van der Waals surface area contributed by atoms with Gasteiger partial charge in [-0.05, 0) is 43.0 Å². The zero-order valence-corrected chi connectivity index (χ0v) is 13.2. The second-order valence-corrected chi connectivity index (χ2v) is 7.07. The van der Waals surface area contributed by atoms with Crippen LogP contribution in [0.4, 0.5) is 0 Å². The lowest BCUT2D eigenvalue weighted by Crippen LogP contribution is -2.47. The monoisotopic (exact) mass is 295 g/mol. The number of rotatable bonds is 5. The number of methoxy groups -OCH3 is 1. The molecule has 0 aromatic carbocycles. The summed E-state index contributed by atoms with van der Waals surface area (Å²) in [7, 11) is 1.80. The van der Waals surface area contributed by atoms with Gasteiger partial charge in [-0.1, -0.05) is 6.07 Å². The normalized spacial score (nSPS) is 26.4. The van der Waals surface area contributed by atoms with Crippen molar-refractivity contribution >= 4 is 11.3 Å². The van der Waals surface area contributed by atoms with Gasteiger partial charge in [-0.2, -0.15) is 0 Å². The fourth-order valence-corrected chi connectivity index (χ4v) is 4.46. The molecule has 1 atom stereocenters. The zero-order chi connectivity index (χ0) is 13.8. The van der Waals surface area contributed by atoms with Gasteiger partial charge < -0.3 is 9.47 Å². The highest BCUT2D eigenvalue weighted by atomic mass is 32.1.